The third-order valence-electron chi connectivity index (χ3n) is 2.84. The van der Waals surface area contributed by atoms with Crippen molar-refractivity contribution in [2.75, 3.05) is 5.73 Å². The van der Waals surface area contributed by atoms with E-state index in [1.807, 2.05) is 0 Å². The second-order valence-electron chi connectivity index (χ2n) is 4.43. The normalized spacial score (nSPS) is 10.3. The van der Waals surface area contributed by atoms with Crippen LogP contribution in [0.25, 0.3) is 0 Å². The molecule has 2 aromatic carbocycles. The molecule has 0 aliphatic heterocycles. The predicted molar refractivity (Wildman–Crippen MR) is 72.8 cm³/mol. The monoisotopic (exact) mass is 276 g/mol. The lowest BCUT2D eigenvalue weighted by molar-refractivity contribution is -0.120. The molecular formula is C15H14F2N2O. The standard InChI is InChI=1S/C15H14F2N2O/c16-12-4-3-11(14(17)8-12)9-19-15(20)7-10-1-5-13(18)6-2-10/h1-6,8H,7,9,18H2,(H,19,20). The van der Waals surface area contributed by atoms with Crippen molar-refractivity contribution in [1.29, 1.82) is 0 Å². The molecule has 3 N–H and O–H groups in total. The van der Waals surface area contributed by atoms with Crippen molar-refractivity contribution in [1.82, 2.24) is 5.32 Å². The molecule has 0 atom stereocenters. The summed E-state index contributed by atoms with van der Waals surface area (Å²) in [6, 6.07) is 10.2. The topological polar surface area (TPSA) is 55.1 Å². The van der Waals surface area contributed by atoms with Crippen LogP contribution in [0, 0.1) is 11.6 Å². The number of hydrogen-bond acceptors (Lipinski definition) is 2. The highest BCUT2D eigenvalue weighted by Gasteiger charge is 2.07. The largest absolute Gasteiger partial charge is 0.399 e. The molecule has 0 saturated heterocycles. The Labute approximate surface area is 115 Å². The number of nitrogen functional groups attached to an aromatic ring is 1. The number of carbonyl (C=O) groups excluding carboxylic acids is 1. The Morgan fingerprint density at radius 3 is 2.45 bits per heavy atom. The lowest BCUT2D eigenvalue weighted by Gasteiger charge is -2.07. The van der Waals surface area contributed by atoms with Crippen LogP contribution in [-0.4, -0.2) is 5.91 Å². The molecule has 0 radical (unpaired) electrons. The predicted octanol–water partition coefficient (Wildman–Crippen LogP) is 2.41. The fourth-order valence-corrected chi connectivity index (χ4v) is 1.74. The highest BCUT2D eigenvalue weighted by molar-refractivity contribution is 5.78. The summed E-state index contributed by atoms with van der Waals surface area (Å²) in [5, 5.41) is 2.59. The van der Waals surface area contributed by atoms with Crippen LogP contribution in [0.2, 0.25) is 0 Å². The molecule has 0 unspecified atom stereocenters. The maximum absolute atomic E-state index is 13.4. The summed E-state index contributed by atoms with van der Waals surface area (Å²) in [5.41, 5.74) is 7.24. The van der Waals surface area contributed by atoms with Gasteiger partial charge >= 0.3 is 0 Å². The number of carbonyl (C=O) groups is 1. The molecule has 0 aliphatic rings. The zero-order valence-corrected chi connectivity index (χ0v) is 10.7. The van der Waals surface area contributed by atoms with E-state index in [1.165, 1.54) is 6.07 Å². The number of hydrogen-bond donors (Lipinski definition) is 2. The molecule has 1 amide bonds. The molecule has 0 aromatic heterocycles. The number of halogens is 2. The summed E-state index contributed by atoms with van der Waals surface area (Å²) in [4.78, 5) is 11.7. The van der Waals surface area contributed by atoms with Crippen LogP contribution >= 0.6 is 0 Å². The minimum absolute atomic E-state index is 0.0277. The first-order valence-corrected chi connectivity index (χ1v) is 6.09. The molecule has 0 bridgehead atoms. The summed E-state index contributed by atoms with van der Waals surface area (Å²) < 4.78 is 26.1. The smallest absolute Gasteiger partial charge is 0.224 e. The number of rotatable bonds is 4. The van der Waals surface area contributed by atoms with Crippen molar-refractivity contribution in [3.05, 3.63) is 65.2 Å². The van der Waals surface area contributed by atoms with Crippen LogP contribution in [0.5, 0.6) is 0 Å². The quantitative estimate of drug-likeness (QED) is 0.843. The van der Waals surface area contributed by atoms with Crippen LogP contribution in [-0.2, 0) is 17.8 Å². The van der Waals surface area contributed by atoms with Gasteiger partial charge in [-0.15, -0.1) is 0 Å². The molecule has 20 heavy (non-hydrogen) atoms. The molecule has 0 heterocycles. The van der Waals surface area contributed by atoms with E-state index in [9.17, 15) is 13.6 Å². The SMILES string of the molecule is Nc1ccc(CC(=O)NCc2ccc(F)cc2F)cc1. The fraction of sp³-hybridized carbons (Fsp3) is 0.133. The number of amides is 1. The van der Waals surface area contributed by atoms with Gasteiger partial charge in [0.2, 0.25) is 5.91 Å². The van der Waals surface area contributed by atoms with Gasteiger partial charge in [-0.2, -0.15) is 0 Å². The maximum atomic E-state index is 13.4. The molecule has 0 saturated carbocycles. The average Bonchev–Trinajstić information content (AvgIpc) is 2.40. The van der Waals surface area contributed by atoms with Crippen molar-refractivity contribution in [3.63, 3.8) is 0 Å². The van der Waals surface area contributed by atoms with E-state index < -0.39 is 11.6 Å². The minimum atomic E-state index is -0.669. The maximum Gasteiger partial charge on any atom is 0.224 e. The molecular weight excluding hydrogens is 262 g/mol. The Hall–Kier alpha value is -2.43. The van der Waals surface area contributed by atoms with E-state index in [4.69, 9.17) is 5.73 Å². The second kappa shape index (κ2) is 6.14. The lowest BCUT2D eigenvalue weighted by atomic mass is 10.1. The van der Waals surface area contributed by atoms with Crippen molar-refractivity contribution >= 4 is 11.6 Å². The third-order valence-corrected chi connectivity index (χ3v) is 2.84. The van der Waals surface area contributed by atoms with Gasteiger partial charge in [0.05, 0.1) is 6.42 Å². The van der Waals surface area contributed by atoms with Crippen molar-refractivity contribution in [3.8, 4) is 0 Å². The Kier molecular flexibility index (Phi) is 4.30. The van der Waals surface area contributed by atoms with Gasteiger partial charge < -0.3 is 11.1 Å². The highest BCUT2D eigenvalue weighted by Crippen LogP contribution is 2.10. The first-order chi connectivity index (χ1) is 9.54. The number of nitrogens with two attached hydrogens (primary N) is 1. The number of anilines is 1. The average molecular weight is 276 g/mol. The van der Waals surface area contributed by atoms with Crippen LogP contribution in [0.4, 0.5) is 14.5 Å². The molecule has 104 valence electrons. The van der Waals surface area contributed by atoms with E-state index in [1.54, 1.807) is 24.3 Å². The molecule has 5 heteroatoms. The zero-order chi connectivity index (χ0) is 14.5. The van der Waals surface area contributed by atoms with E-state index in [2.05, 4.69) is 5.32 Å². The van der Waals surface area contributed by atoms with Crippen LogP contribution in [0.1, 0.15) is 11.1 Å². The summed E-state index contributed by atoms with van der Waals surface area (Å²) in [7, 11) is 0. The van der Waals surface area contributed by atoms with Crippen molar-refractivity contribution in [2.45, 2.75) is 13.0 Å². The molecule has 3 nitrogen and oxygen atoms in total. The van der Waals surface area contributed by atoms with Gasteiger partial charge in [0.25, 0.3) is 0 Å². The van der Waals surface area contributed by atoms with E-state index in [0.717, 1.165) is 17.7 Å². The van der Waals surface area contributed by atoms with Gasteiger partial charge in [0.1, 0.15) is 11.6 Å². The van der Waals surface area contributed by atoms with Crippen molar-refractivity contribution in [2.24, 2.45) is 0 Å². The fourth-order valence-electron chi connectivity index (χ4n) is 1.74. The summed E-state index contributed by atoms with van der Waals surface area (Å²) in [6.07, 6.45) is 0.184. The highest BCUT2D eigenvalue weighted by atomic mass is 19.1. The molecule has 2 aromatic rings. The Morgan fingerprint density at radius 1 is 1.10 bits per heavy atom. The van der Waals surface area contributed by atoms with E-state index in [-0.39, 0.29) is 24.4 Å². The van der Waals surface area contributed by atoms with Crippen molar-refractivity contribution < 1.29 is 13.6 Å². The Bertz CT molecular complexity index is 612. The zero-order valence-electron chi connectivity index (χ0n) is 10.7. The second-order valence-corrected chi connectivity index (χ2v) is 4.43. The van der Waals surface area contributed by atoms with Crippen LogP contribution < -0.4 is 11.1 Å². The van der Waals surface area contributed by atoms with Gasteiger partial charge in [-0.1, -0.05) is 18.2 Å². The van der Waals surface area contributed by atoms with Crippen LogP contribution in [0.3, 0.4) is 0 Å². The van der Waals surface area contributed by atoms with Gasteiger partial charge in [-0.3, -0.25) is 4.79 Å². The summed E-state index contributed by atoms with van der Waals surface area (Å²) in [6.45, 7) is 0.0277. The Balaban J connectivity index is 1.90. The number of benzene rings is 2. The number of nitrogens with one attached hydrogen (secondary N) is 1. The first kappa shape index (κ1) is 14.0. The summed E-state index contributed by atoms with van der Waals surface area (Å²) in [5.74, 6) is -1.55. The molecule has 0 aliphatic carbocycles. The van der Waals surface area contributed by atoms with Gasteiger partial charge in [0, 0.05) is 23.9 Å². The molecule has 0 fully saturated rings. The molecule has 0 spiro atoms. The van der Waals surface area contributed by atoms with Crippen LogP contribution in [0.15, 0.2) is 42.5 Å². The molecule has 2 rings (SSSR count). The van der Waals surface area contributed by atoms with E-state index >= 15 is 0 Å². The van der Waals surface area contributed by atoms with Gasteiger partial charge in [-0.05, 0) is 23.8 Å². The van der Waals surface area contributed by atoms with Gasteiger partial charge in [0.15, 0.2) is 0 Å². The van der Waals surface area contributed by atoms with E-state index in [0.29, 0.717) is 5.69 Å². The minimum Gasteiger partial charge on any atom is -0.399 e. The lowest BCUT2D eigenvalue weighted by Crippen LogP contribution is -2.25. The third kappa shape index (κ3) is 3.78. The first-order valence-electron chi connectivity index (χ1n) is 6.09. The Morgan fingerprint density at radius 2 is 1.80 bits per heavy atom. The summed E-state index contributed by atoms with van der Waals surface area (Å²) >= 11 is 0. The van der Waals surface area contributed by atoms with Gasteiger partial charge in [-0.25, -0.2) is 8.78 Å².